The minimum atomic E-state index is -0.900. The summed E-state index contributed by atoms with van der Waals surface area (Å²) in [6.07, 6.45) is 5.62. The molecule has 0 bridgehead atoms. The van der Waals surface area contributed by atoms with E-state index in [4.69, 9.17) is 9.47 Å². The van der Waals surface area contributed by atoms with Crippen molar-refractivity contribution in [3.8, 4) is 0 Å². The van der Waals surface area contributed by atoms with Gasteiger partial charge in [0.15, 0.2) is 13.6 Å². The maximum absolute atomic E-state index is 11.2. The Morgan fingerprint density at radius 1 is 0.773 bits per heavy atom. The average molecular weight is 321 g/mol. The first kappa shape index (κ1) is 20.7. The molecule has 1 N–H and O–H groups in total. The van der Waals surface area contributed by atoms with E-state index in [-0.39, 0.29) is 15.0 Å². The summed E-state index contributed by atoms with van der Waals surface area (Å²) >= 11 is 0. The minimum Gasteiger partial charge on any atom is -0.422 e. The second kappa shape index (κ2) is 16.0. The van der Waals surface area contributed by atoms with Crippen molar-refractivity contribution < 1.29 is 30.0 Å². The summed E-state index contributed by atoms with van der Waals surface area (Å²) in [4.78, 5) is 22.4. The van der Waals surface area contributed by atoms with Gasteiger partial charge in [0, 0.05) is 1.43 Å². The number of carbonyl (C=O) groups excluding carboxylic acids is 2. The average Bonchev–Trinajstić information content (AvgIpc) is 2.50. The van der Waals surface area contributed by atoms with Crippen molar-refractivity contribution in [1.29, 1.82) is 0 Å². The monoisotopic (exact) mass is 321 g/mol. The van der Waals surface area contributed by atoms with Crippen LogP contribution in [0, 0.1) is 0 Å². The number of alkyl carbamates (subject to hydrolysis) is 2. The van der Waals surface area contributed by atoms with Gasteiger partial charge in [-0.05, 0) is 12.8 Å². The van der Waals surface area contributed by atoms with E-state index in [0.717, 1.165) is 44.9 Å². The van der Waals surface area contributed by atoms with Crippen LogP contribution in [-0.2, 0) is 18.9 Å². The van der Waals surface area contributed by atoms with Crippen molar-refractivity contribution in [2.45, 2.75) is 58.8 Å². The molecule has 22 heavy (non-hydrogen) atoms. The van der Waals surface area contributed by atoms with Crippen molar-refractivity contribution in [2.75, 3.05) is 26.8 Å². The zero-order chi connectivity index (χ0) is 16.5. The maximum Gasteiger partial charge on any atom is 0.418 e. The van der Waals surface area contributed by atoms with Crippen LogP contribution in [0.4, 0.5) is 9.59 Å². The number of rotatable bonds is 13. The summed E-state index contributed by atoms with van der Waals surface area (Å²) in [7, 11) is 0. The van der Waals surface area contributed by atoms with Crippen molar-refractivity contribution in [3.63, 3.8) is 0 Å². The van der Waals surface area contributed by atoms with E-state index in [0.29, 0.717) is 13.2 Å². The third-order valence-corrected chi connectivity index (χ3v) is 2.79. The highest BCUT2D eigenvalue weighted by Gasteiger charge is 2.09. The number of ether oxygens (including phenoxy) is 4. The Labute approximate surface area is 134 Å². The molecule has 132 valence electrons. The normalized spacial score (nSPS) is 10.3. The number of imide groups is 1. The van der Waals surface area contributed by atoms with E-state index in [1.807, 2.05) is 5.32 Å². The van der Waals surface area contributed by atoms with Gasteiger partial charge in [0.1, 0.15) is 0 Å². The number of unbranched alkanes of at least 4 members (excludes halogenated alkanes) is 5. The second-order valence-electron chi connectivity index (χ2n) is 4.81. The Morgan fingerprint density at radius 2 is 1.23 bits per heavy atom. The molecule has 0 fully saturated rings. The Balaban J connectivity index is 0. The number of amides is 2. The molecule has 0 aromatic carbocycles. The lowest BCUT2D eigenvalue weighted by atomic mass is 10.2. The molecule has 2 amide bonds. The lowest BCUT2D eigenvalue weighted by Crippen LogP contribution is -2.32. The van der Waals surface area contributed by atoms with Crippen LogP contribution in [0.2, 0.25) is 0 Å². The Morgan fingerprint density at radius 3 is 1.73 bits per heavy atom. The zero-order valence-electron chi connectivity index (χ0n) is 13.7. The van der Waals surface area contributed by atoms with Gasteiger partial charge in [0.2, 0.25) is 0 Å². The Kier molecular flexibility index (Phi) is 15.1. The standard InChI is InChI=1S/C15H29NO6.H2/c1-3-5-7-9-11-20-13-22-15(18)16-14(17)21-12-19-10-8-6-4-2;/h3-13H2,1-2H3,(H,16,17,18);1H. The van der Waals surface area contributed by atoms with Crippen LogP contribution in [0.3, 0.4) is 0 Å². The topological polar surface area (TPSA) is 83.1 Å². The minimum absolute atomic E-state index is 0. The van der Waals surface area contributed by atoms with Crippen molar-refractivity contribution in [2.24, 2.45) is 0 Å². The fraction of sp³-hybridized carbons (Fsp3) is 0.867. The van der Waals surface area contributed by atoms with Crippen molar-refractivity contribution >= 4 is 12.2 Å². The van der Waals surface area contributed by atoms with E-state index >= 15 is 0 Å². The van der Waals surface area contributed by atoms with E-state index in [1.54, 1.807) is 0 Å². The molecule has 0 saturated heterocycles. The molecule has 0 aromatic heterocycles. The summed E-state index contributed by atoms with van der Waals surface area (Å²) < 4.78 is 19.5. The van der Waals surface area contributed by atoms with Crippen LogP contribution in [0.5, 0.6) is 0 Å². The second-order valence-corrected chi connectivity index (χ2v) is 4.81. The predicted octanol–water partition coefficient (Wildman–Crippen LogP) is 3.81. The highest BCUT2D eigenvalue weighted by molar-refractivity contribution is 5.87. The van der Waals surface area contributed by atoms with Crippen LogP contribution in [0.1, 0.15) is 60.2 Å². The lowest BCUT2D eigenvalue weighted by Gasteiger charge is -2.08. The predicted molar refractivity (Wildman–Crippen MR) is 83.5 cm³/mol. The molecule has 0 rings (SSSR count). The molecule has 0 aliphatic heterocycles. The van der Waals surface area contributed by atoms with E-state index in [9.17, 15) is 9.59 Å². The van der Waals surface area contributed by atoms with Crippen LogP contribution in [-0.4, -0.2) is 39.0 Å². The third-order valence-electron chi connectivity index (χ3n) is 2.79. The molecule has 7 heteroatoms. The van der Waals surface area contributed by atoms with E-state index in [1.165, 1.54) is 0 Å². The molecule has 0 aromatic rings. The molecule has 0 aliphatic rings. The summed E-state index contributed by atoms with van der Waals surface area (Å²) in [5, 5.41) is 1.91. The first-order valence-electron chi connectivity index (χ1n) is 7.96. The SMILES string of the molecule is CCCCCCOCOC(=O)NC(=O)OCOCCCCC.[HH]. The smallest absolute Gasteiger partial charge is 0.418 e. The first-order chi connectivity index (χ1) is 10.7. The summed E-state index contributed by atoms with van der Waals surface area (Å²) in [5.74, 6) is 0. The van der Waals surface area contributed by atoms with Gasteiger partial charge in [-0.25, -0.2) is 14.9 Å². The van der Waals surface area contributed by atoms with Crippen LogP contribution in [0.15, 0.2) is 0 Å². The molecule has 0 atom stereocenters. The summed E-state index contributed by atoms with van der Waals surface area (Å²) in [6, 6.07) is 0. The van der Waals surface area contributed by atoms with Gasteiger partial charge in [-0.15, -0.1) is 0 Å². The molecular weight excluding hydrogens is 290 g/mol. The van der Waals surface area contributed by atoms with Gasteiger partial charge in [-0.3, -0.25) is 0 Å². The third kappa shape index (κ3) is 15.1. The van der Waals surface area contributed by atoms with E-state index < -0.39 is 12.2 Å². The van der Waals surface area contributed by atoms with Gasteiger partial charge >= 0.3 is 12.2 Å². The quantitative estimate of drug-likeness (QED) is 0.410. The molecule has 0 heterocycles. The van der Waals surface area contributed by atoms with Crippen LogP contribution < -0.4 is 5.32 Å². The van der Waals surface area contributed by atoms with E-state index in [2.05, 4.69) is 23.3 Å². The van der Waals surface area contributed by atoms with Gasteiger partial charge in [-0.2, -0.15) is 0 Å². The number of hydrogen-bond donors (Lipinski definition) is 1. The van der Waals surface area contributed by atoms with Gasteiger partial charge in [0.05, 0.1) is 13.2 Å². The Bertz CT molecular complexity index is 291. The van der Waals surface area contributed by atoms with Gasteiger partial charge in [-0.1, -0.05) is 46.0 Å². The molecule has 0 spiro atoms. The van der Waals surface area contributed by atoms with Crippen molar-refractivity contribution in [1.82, 2.24) is 5.32 Å². The number of nitrogens with one attached hydrogen (secondary N) is 1. The fourth-order valence-corrected chi connectivity index (χ4v) is 1.55. The maximum atomic E-state index is 11.2. The number of hydrogen-bond acceptors (Lipinski definition) is 6. The molecule has 0 aliphatic carbocycles. The highest BCUT2D eigenvalue weighted by atomic mass is 16.7. The van der Waals surface area contributed by atoms with Gasteiger partial charge < -0.3 is 18.9 Å². The Hall–Kier alpha value is -1.34. The van der Waals surface area contributed by atoms with Crippen LogP contribution >= 0.6 is 0 Å². The number of carbonyl (C=O) groups is 2. The molecule has 0 unspecified atom stereocenters. The largest absolute Gasteiger partial charge is 0.422 e. The van der Waals surface area contributed by atoms with Gasteiger partial charge in [0.25, 0.3) is 0 Å². The van der Waals surface area contributed by atoms with Crippen LogP contribution in [0.25, 0.3) is 0 Å². The lowest BCUT2D eigenvalue weighted by molar-refractivity contribution is -0.0252. The summed E-state index contributed by atoms with van der Waals surface area (Å²) in [5.41, 5.74) is 0. The first-order valence-corrected chi connectivity index (χ1v) is 7.96. The molecule has 0 saturated carbocycles. The molecule has 0 radical (unpaired) electrons. The fourth-order valence-electron chi connectivity index (χ4n) is 1.55. The van der Waals surface area contributed by atoms with Crippen molar-refractivity contribution in [3.05, 3.63) is 0 Å². The highest BCUT2D eigenvalue weighted by Crippen LogP contribution is 1.98. The molecule has 7 nitrogen and oxygen atoms in total. The summed E-state index contributed by atoms with van der Waals surface area (Å²) in [6.45, 7) is 4.91. The molecular formula is C15H31NO6. The zero-order valence-corrected chi connectivity index (χ0v) is 13.7.